The minimum Gasteiger partial charge on any atom is -0.497 e. The Kier molecular flexibility index (Phi) is 4.56. The molecule has 1 amide bonds. The monoisotopic (exact) mass is 339 g/mol. The highest BCUT2D eigenvalue weighted by Gasteiger charge is 2.05. The van der Waals surface area contributed by atoms with Crippen LogP contribution in [0.1, 0.15) is 5.56 Å². The zero-order chi connectivity index (χ0) is 17.8. The van der Waals surface area contributed by atoms with E-state index in [0.29, 0.717) is 28.2 Å². The van der Waals surface area contributed by atoms with E-state index in [2.05, 4.69) is 15.3 Å². The second-order valence-electron chi connectivity index (χ2n) is 5.27. The summed E-state index contributed by atoms with van der Waals surface area (Å²) < 4.78 is 10.4. The van der Waals surface area contributed by atoms with Crippen LogP contribution in [-0.2, 0) is 4.79 Å². The van der Waals surface area contributed by atoms with Gasteiger partial charge in [0.25, 0.3) is 0 Å². The average Bonchev–Trinajstić information content (AvgIpc) is 2.99. The Morgan fingerprint density at radius 3 is 2.60 bits per heavy atom. The third-order valence-corrected chi connectivity index (χ3v) is 3.64. The van der Waals surface area contributed by atoms with Crippen molar-refractivity contribution < 1.29 is 14.3 Å². The number of benzene rings is 2. The van der Waals surface area contributed by atoms with Crippen LogP contribution < -0.4 is 20.5 Å². The molecule has 0 bridgehead atoms. The van der Waals surface area contributed by atoms with E-state index in [1.165, 1.54) is 6.08 Å². The summed E-state index contributed by atoms with van der Waals surface area (Å²) in [5.74, 6) is 0.983. The van der Waals surface area contributed by atoms with E-state index < -0.39 is 0 Å². The highest BCUT2D eigenvalue weighted by molar-refractivity contribution is 6.02. The lowest BCUT2D eigenvalue weighted by Gasteiger charge is -2.07. The number of nitrogens with one attached hydrogen (secondary N) is 3. The van der Waals surface area contributed by atoms with Crippen molar-refractivity contribution in [1.29, 1.82) is 0 Å². The largest absolute Gasteiger partial charge is 0.497 e. The molecule has 128 valence electrons. The molecule has 25 heavy (non-hydrogen) atoms. The van der Waals surface area contributed by atoms with Gasteiger partial charge in [0.15, 0.2) is 0 Å². The van der Waals surface area contributed by atoms with Crippen molar-refractivity contribution in [2.24, 2.45) is 0 Å². The van der Waals surface area contributed by atoms with Crippen molar-refractivity contribution in [1.82, 2.24) is 9.97 Å². The molecule has 0 spiro atoms. The minimum absolute atomic E-state index is 0.287. The molecule has 0 saturated heterocycles. The Morgan fingerprint density at radius 2 is 1.84 bits per heavy atom. The first-order chi connectivity index (χ1) is 12.1. The second kappa shape index (κ2) is 6.96. The number of methoxy groups -OCH3 is 2. The number of rotatable bonds is 5. The lowest BCUT2D eigenvalue weighted by Crippen LogP contribution is -2.07. The van der Waals surface area contributed by atoms with Crippen LogP contribution in [0.3, 0.4) is 0 Å². The first kappa shape index (κ1) is 16.4. The number of ether oxygens (including phenoxy) is 2. The number of imidazole rings is 1. The fraction of sp³-hybridized carbons (Fsp3) is 0.111. The van der Waals surface area contributed by atoms with Gasteiger partial charge in [-0.1, -0.05) is 0 Å². The van der Waals surface area contributed by atoms with E-state index in [9.17, 15) is 9.59 Å². The van der Waals surface area contributed by atoms with Crippen molar-refractivity contribution >= 4 is 28.7 Å². The topological polar surface area (TPSA) is 96.2 Å². The highest BCUT2D eigenvalue weighted by Crippen LogP contribution is 2.25. The number of fused-ring (bicyclic) bond motifs is 1. The molecule has 0 unspecified atom stereocenters. The minimum atomic E-state index is -0.296. The summed E-state index contributed by atoms with van der Waals surface area (Å²) >= 11 is 0. The predicted octanol–water partition coefficient (Wildman–Crippen LogP) is 2.53. The molecule has 0 saturated carbocycles. The SMILES string of the molecule is COc1ccc(/C=C/C(=O)Nc2ccc3[nH]c(=O)[nH]c3c2)c(OC)c1. The maximum absolute atomic E-state index is 12.1. The van der Waals surface area contributed by atoms with Crippen LogP contribution in [-0.4, -0.2) is 30.1 Å². The molecule has 1 heterocycles. The Balaban J connectivity index is 1.74. The number of amides is 1. The van der Waals surface area contributed by atoms with E-state index in [-0.39, 0.29) is 11.6 Å². The lowest BCUT2D eigenvalue weighted by molar-refractivity contribution is -0.111. The van der Waals surface area contributed by atoms with Gasteiger partial charge in [-0.15, -0.1) is 0 Å². The molecule has 1 aromatic heterocycles. The Bertz CT molecular complexity index is 1000. The van der Waals surface area contributed by atoms with Crippen LogP contribution in [0.25, 0.3) is 17.1 Å². The number of hydrogen-bond acceptors (Lipinski definition) is 4. The average molecular weight is 339 g/mol. The van der Waals surface area contributed by atoms with Gasteiger partial charge < -0.3 is 24.8 Å². The number of hydrogen-bond donors (Lipinski definition) is 3. The van der Waals surface area contributed by atoms with Gasteiger partial charge in [0, 0.05) is 23.4 Å². The number of aromatic nitrogens is 2. The molecular formula is C18H17N3O4. The third kappa shape index (κ3) is 3.72. The molecule has 3 rings (SSSR count). The zero-order valence-electron chi connectivity index (χ0n) is 13.8. The maximum Gasteiger partial charge on any atom is 0.323 e. The van der Waals surface area contributed by atoms with Crippen molar-refractivity contribution in [3.8, 4) is 11.5 Å². The van der Waals surface area contributed by atoms with Crippen LogP contribution in [0.15, 0.2) is 47.3 Å². The van der Waals surface area contributed by atoms with E-state index in [4.69, 9.17) is 9.47 Å². The Labute approximate surface area is 143 Å². The molecular weight excluding hydrogens is 322 g/mol. The van der Waals surface area contributed by atoms with Gasteiger partial charge in [-0.05, 0) is 36.4 Å². The zero-order valence-corrected chi connectivity index (χ0v) is 13.8. The molecule has 0 aliphatic carbocycles. The van der Waals surface area contributed by atoms with E-state index in [1.54, 1.807) is 56.7 Å². The number of aromatic amines is 2. The lowest BCUT2D eigenvalue weighted by atomic mass is 10.1. The summed E-state index contributed by atoms with van der Waals surface area (Å²) in [6.07, 6.45) is 3.07. The summed E-state index contributed by atoms with van der Waals surface area (Å²) in [5.41, 5.74) is 2.36. The predicted molar refractivity (Wildman–Crippen MR) is 96.1 cm³/mol. The second-order valence-corrected chi connectivity index (χ2v) is 5.27. The van der Waals surface area contributed by atoms with Crippen molar-refractivity contribution in [2.45, 2.75) is 0 Å². The van der Waals surface area contributed by atoms with Gasteiger partial charge >= 0.3 is 5.69 Å². The Hall–Kier alpha value is -3.48. The van der Waals surface area contributed by atoms with Crippen molar-refractivity contribution in [3.05, 3.63) is 58.5 Å². The molecule has 3 aromatic rings. The number of anilines is 1. The summed E-state index contributed by atoms with van der Waals surface area (Å²) in [5, 5.41) is 2.75. The molecule has 3 N–H and O–H groups in total. The fourth-order valence-electron chi connectivity index (χ4n) is 2.42. The maximum atomic E-state index is 12.1. The quantitative estimate of drug-likeness (QED) is 0.622. The van der Waals surface area contributed by atoms with Crippen LogP contribution in [0.5, 0.6) is 11.5 Å². The molecule has 0 radical (unpaired) electrons. The van der Waals surface area contributed by atoms with Gasteiger partial charge in [0.2, 0.25) is 5.91 Å². The summed E-state index contributed by atoms with van der Waals surface area (Å²) in [6.45, 7) is 0. The standard InChI is InChI=1S/C18H17N3O4/c1-24-13-6-3-11(16(10-13)25-2)4-8-17(22)19-12-5-7-14-15(9-12)21-18(23)20-14/h3-10H,1-2H3,(H,19,22)(H2,20,21,23)/b8-4+. The van der Waals surface area contributed by atoms with E-state index in [1.807, 2.05) is 0 Å². The van der Waals surface area contributed by atoms with Crippen molar-refractivity contribution in [3.63, 3.8) is 0 Å². The Morgan fingerprint density at radius 1 is 1.04 bits per heavy atom. The number of carbonyl (C=O) groups is 1. The van der Waals surface area contributed by atoms with Crippen LogP contribution in [0, 0.1) is 0 Å². The van der Waals surface area contributed by atoms with Crippen LogP contribution in [0.2, 0.25) is 0 Å². The molecule has 7 nitrogen and oxygen atoms in total. The normalized spacial score (nSPS) is 11.0. The van der Waals surface area contributed by atoms with Gasteiger partial charge in [-0.2, -0.15) is 0 Å². The number of carbonyl (C=O) groups excluding carboxylic acids is 1. The van der Waals surface area contributed by atoms with Gasteiger partial charge in [-0.25, -0.2) is 4.79 Å². The molecule has 0 aliphatic rings. The summed E-state index contributed by atoms with van der Waals surface area (Å²) in [4.78, 5) is 28.7. The molecule has 2 aromatic carbocycles. The van der Waals surface area contributed by atoms with E-state index in [0.717, 1.165) is 5.56 Å². The van der Waals surface area contributed by atoms with Gasteiger partial charge in [0.1, 0.15) is 11.5 Å². The summed E-state index contributed by atoms with van der Waals surface area (Å²) in [7, 11) is 3.13. The first-order valence-corrected chi connectivity index (χ1v) is 7.52. The fourth-order valence-corrected chi connectivity index (χ4v) is 2.42. The number of H-pyrrole nitrogens is 2. The first-order valence-electron chi connectivity index (χ1n) is 7.52. The summed E-state index contributed by atoms with van der Waals surface area (Å²) in [6, 6.07) is 10.5. The smallest absolute Gasteiger partial charge is 0.323 e. The molecule has 0 atom stereocenters. The van der Waals surface area contributed by atoms with E-state index >= 15 is 0 Å². The van der Waals surface area contributed by atoms with Gasteiger partial charge in [0.05, 0.1) is 25.3 Å². The molecule has 0 fully saturated rings. The third-order valence-electron chi connectivity index (χ3n) is 3.64. The highest BCUT2D eigenvalue weighted by atomic mass is 16.5. The molecule has 0 aliphatic heterocycles. The van der Waals surface area contributed by atoms with Crippen LogP contribution >= 0.6 is 0 Å². The van der Waals surface area contributed by atoms with Crippen LogP contribution in [0.4, 0.5) is 5.69 Å². The molecule has 7 heteroatoms. The van der Waals surface area contributed by atoms with Gasteiger partial charge in [-0.3, -0.25) is 4.79 Å². The van der Waals surface area contributed by atoms with Crippen molar-refractivity contribution in [2.75, 3.05) is 19.5 Å².